The van der Waals surface area contributed by atoms with Gasteiger partial charge < -0.3 is 9.64 Å². The Hall–Kier alpha value is -1.94. The average molecular weight is 279 g/mol. The van der Waals surface area contributed by atoms with Crippen LogP contribution in [-0.2, 0) is 10.2 Å². The molecule has 1 rings (SSSR count). The van der Waals surface area contributed by atoms with Crippen LogP contribution in [0.15, 0.2) is 0 Å². The zero-order chi connectivity index (χ0) is 15.2. The molecular formula is C13H21N5O2. The van der Waals surface area contributed by atoms with Crippen molar-refractivity contribution < 1.29 is 9.53 Å². The first-order valence-corrected chi connectivity index (χ1v) is 6.48. The summed E-state index contributed by atoms with van der Waals surface area (Å²) in [4.78, 5) is 18.1. The van der Waals surface area contributed by atoms with Gasteiger partial charge in [0.2, 0.25) is 5.82 Å². The molecule has 0 bridgehead atoms. The minimum atomic E-state index is -0.288. The van der Waals surface area contributed by atoms with E-state index in [4.69, 9.17) is 10.00 Å². The van der Waals surface area contributed by atoms with Gasteiger partial charge in [-0.25, -0.2) is 4.98 Å². The lowest BCUT2D eigenvalue weighted by molar-refractivity contribution is 0.0688. The van der Waals surface area contributed by atoms with Gasteiger partial charge in [-0.3, -0.25) is 9.89 Å². The molecule has 1 heterocycles. The summed E-state index contributed by atoms with van der Waals surface area (Å²) in [5.74, 6) is 0.501. The molecule has 0 aliphatic heterocycles. The number of hydrogen-bond acceptors (Lipinski definition) is 5. The van der Waals surface area contributed by atoms with Gasteiger partial charge in [0.15, 0.2) is 0 Å². The molecule has 1 N–H and O–H groups in total. The SMILES string of the molecule is COCCN(CCC#N)C(=O)c1n[nH]c(C(C)(C)C)n1. The summed E-state index contributed by atoms with van der Waals surface area (Å²) in [7, 11) is 1.57. The van der Waals surface area contributed by atoms with Gasteiger partial charge in [-0.1, -0.05) is 20.8 Å². The minimum Gasteiger partial charge on any atom is -0.383 e. The predicted octanol–water partition coefficient (Wildman–Crippen LogP) is 1.10. The molecule has 0 aliphatic carbocycles. The highest BCUT2D eigenvalue weighted by molar-refractivity contribution is 5.90. The van der Waals surface area contributed by atoms with Crippen molar-refractivity contribution in [3.05, 3.63) is 11.6 Å². The minimum absolute atomic E-state index is 0.129. The molecule has 0 saturated carbocycles. The number of carbonyl (C=O) groups excluding carboxylic acids is 1. The second-order valence-electron chi connectivity index (χ2n) is 5.45. The van der Waals surface area contributed by atoms with E-state index in [1.807, 2.05) is 26.8 Å². The van der Waals surface area contributed by atoms with Crippen LogP contribution in [0.25, 0.3) is 0 Å². The lowest BCUT2D eigenvalue weighted by Gasteiger charge is -2.19. The molecule has 0 spiro atoms. The Kier molecular flexibility index (Phi) is 5.65. The highest BCUT2D eigenvalue weighted by Gasteiger charge is 2.24. The van der Waals surface area contributed by atoms with E-state index < -0.39 is 0 Å². The Morgan fingerprint density at radius 2 is 2.15 bits per heavy atom. The number of rotatable bonds is 6. The maximum atomic E-state index is 12.3. The van der Waals surface area contributed by atoms with Crippen molar-refractivity contribution in [3.8, 4) is 6.07 Å². The summed E-state index contributed by atoms with van der Waals surface area (Å²) in [6.07, 6.45) is 0.270. The van der Waals surface area contributed by atoms with Gasteiger partial charge >= 0.3 is 0 Å². The molecule has 20 heavy (non-hydrogen) atoms. The van der Waals surface area contributed by atoms with Crippen LogP contribution in [0.3, 0.4) is 0 Å². The van der Waals surface area contributed by atoms with Crippen LogP contribution < -0.4 is 0 Å². The molecule has 0 radical (unpaired) electrons. The number of hydrogen-bond donors (Lipinski definition) is 1. The van der Waals surface area contributed by atoms with E-state index in [9.17, 15) is 4.79 Å². The van der Waals surface area contributed by atoms with Crippen LogP contribution in [0.4, 0.5) is 0 Å². The Bertz CT molecular complexity index is 484. The van der Waals surface area contributed by atoms with Crippen molar-refractivity contribution in [3.63, 3.8) is 0 Å². The second kappa shape index (κ2) is 7.01. The molecule has 0 saturated heterocycles. The first-order valence-electron chi connectivity index (χ1n) is 6.48. The monoisotopic (exact) mass is 279 g/mol. The molecule has 0 aliphatic rings. The topological polar surface area (TPSA) is 94.9 Å². The van der Waals surface area contributed by atoms with Crippen molar-refractivity contribution in [2.24, 2.45) is 0 Å². The summed E-state index contributed by atoms with van der Waals surface area (Å²) in [6, 6.07) is 2.03. The van der Waals surface area contributed by atoms with E-state index in [-0.39, 0.29) is 23.6 Å². The van der Waals surface area contributed by atoms with Crippen LogP contribution >= 0.6 is 0 Å². The number of amides is 1. The number of methoxy groups -OCH3 is 1. The van der Waals surface area contributed by atoms with Gasteiger partial charge in [-0.2, -0.15) is 5.26 Å². The Balaban J connectivity index is 2.83. The number of ether oxygens (including phenoxy) is 1. The lowest BCUT2D eigenvalue weighted by Crippen LogP contribution is -2.35. The van der Waals surface area contributed by atoms with Gasteiger partial charge in [0.1, 0.15) is 5.82 Å². The number of nitrogens with zero attached hydrogens (tertiary/aromatic N) is 4. The second-order valence-corrected chi connectivity index (χ2v) is 5.45. The van der Waals surface area contributed by atoms with Crippen molar-refractivity contribution in [2.45, 2.75) is 32.6 Å². The van der Waals surface area contributed by atoms with Gasteiger partial charge in [-0.15, -0.1) is 5.10 Å². The first kappa shape index (κ1) is 16.1. The van der Waals surface area contributed by atoms with Crippen LogP contribution in [0.5, 0.6) is 0 Å². The van der Waals surface area contributed by atoms with E-state index in [2.05, 4.69) is 15.2 Å². The summed E-state index contributed by atoms with van der Waals surface area (Å²) in [5.41, 5.74) is -0.199. The lowest BCUT2D eigenvalue weighted by atomic mass is 9.96. The molecular weight excluding hydrogens is 258 g/mol. The van der Waals surface area contributed by atoms with Gasteiger partial charge in [0, 0.05) is 25.6 Å². The van der Waals surface area contributed by atoms with E-state index in [1.54, 1.807) is 7.11 Å². The third-order valence-corrected chi connectivity index (χ3v) is 2.73. The van der Waals surface area contributed by atoms with E-state index in [0.29, 0.717) is 25.5 Å². The molecule has 0 atom stereocenters. The molecule has 0 unspecified atom stereocenters. The summed E-state index contributed by atoms with van der Waals surface area (Å²) < 4.78 is 4.97. The molecule has 7 heteroatoms. The predicted molar refractivity (Wildman–Crippen MR) is 73.1 cm³/mol. The van der Waals surface area contributed by atoms with Crippen LogP contribution in [0.1, 0.15) is 43.6 Å². The standard InChI is InChI=1S/C13H21N5O2/c1-13(2,3)12-15-10(16-17-12)11(19)18(7-5-6-14)8-9-20-4/h5,7-9H2,1-4H3,(H,15,16,17). The first-order chi connectivity index (χ1) is 9.40. The third kappa shape index (κ3) is 4.31. The number of aromatic amines is 1. The Morgan fingerprint density at radius 1 is 1.45 bits per heavy atom. The molecule has 0 fully saturated rings. The number of nitriles is 1. The zero-order valence-electron chi connectivity index (χ0n) is 12.4. The Labute approximate surface area is 118 Å². The molecule has 1 aromatic rings. The van der Waals surface area contributed by atoms with Crippen LogP contribution in [-0.4, -0.2) is 52.8 Å². The van der Waals surface area contributed by atoms with Gasteiger partial charge in [0.05, 0.1) is 19.1 Å². The quantitative estimate of drug-likeness (QED) is 0.841. The van der Waals surface area contributed by atoms with E-state index >= 15 is 0 Å². The average Bonchev–Trinajstić information content (AvgIpc) is 2.87. The molecule has 7 nitrogen and oxygen atoms in total. The van der Waals surface area contributed by atoms with Crippen molar-refractivity contribution in [1.82, 2.24) is 20.1 Å². The van der Waals surface area contributed by atoms with Crippen LogP contribution in [0.2, 0.25) is 0 Å². The fourth-order valence-electron chi connectivity index (χ4n) is 1.54. The maximum absolute atomic E-state index is 12.3. The molecule has 110 valence electrons. The molecule has 1 aromatic heterocycles. The van der Waals surface area contributed by atoms with E-state index in [1.165, 1.54) is 4.90 Å². The summed E-state index contributed by atoms with van der Waals surface area (Å²) in [6.45, 7) is 7.13. The third-order valence-electron chi connectivity index (χ3n) is 2.73. The normalized spacial score (nSPS) is 11.2. The number of H-pyrrole nitrogens is 1. The van der Waals surface area contributed by atoms with Crippen LogP contribution in [0, 0.1) is 11.3 Å². The fourth-order valence-corrected chi connectivity index (χ4v) is 1.54. The van der Waals surface area contributed by atoms with Crippen molar-refractivity contribution in [2.75, 3.05) is 26.8 Å². The zero-order valence-corrected chi connectivity index (χ0v) is 12.4. The van der Waals surface area contributed by atoms with Gasteiger partial charge in [0.25, 0.3) is 5.91 Å². The Morgan fingerprint density at radius 3 is 2.65 bits per heavy atom. The smallest absolute Gasteiger partial charge is 0.293 e. The van der Waals surface area contributed by atoms with Crippen molar-refractivity contribution >= 4 is 5.91 Å². The largest absolute Gasteiger partial charge is 0.383 e. The summed E-state index contributed by atoms with van der Waals surface area (Å²) in [5, 5.41) is 15.4. The fraction of sp³-hybridized carbons (Fsp3) is 0.692. The maximum Gasteiger partial charge on any atom is 0.293 e. The summed E-state index contributed by atoms with van der Waals surface area (Å²) >= 11 is 0. The van der Waals surface area contributed by atoms with Gasteiger partial charge in [-0.05, 0) is 0 Å². The van der Waals surface area contributed by atoms with E-state index in [0.717, 1.165) is 0 Å². The highest BCUT2D eigenvalue weighted by Crippen LogP contribution is 2.17. The number of aromatic nitrogens is 3. The molecule has 1 amide bonds. The van der Waals surface area contributed by atoms with Crippen molar-refractivity contribution in [1.29, 1.82) is 5.26 Å². The number of nitrogens with one attached hydrogen (secondary N) is 1. The highest BCUT2D eigenvalue weighted by atomic mass is 16.5. The molecule has 0 aromatic carbocycles. The number of carbonyl (C=O) groups is 1.